The summed E-state index contributed by atoms with van der Waals surface area (Å²) in [6.07, 6.45) is 2.18. The zero-order valence-corrected chi connectivity index (χ0v) is 25.5. The van der Waals surface area contributed by atoms with E-state index in [1.54, 1.807) is 0 Å². The Morgan fingerprint density at radius 3 is 2.02 bits per heavy atom. The fourth-order valence-corrected chi connectivity index (χ4v) is 6.83. The molecule has 0 fully saturated rings. The van der Waals surface area contributed by atoms with Crippen LogP contribution in [-0.2, 0) is 6.54 Å². The number of nitrogens with two attached hydrogens (primary N) is 1. The Hall–Kier alpha value is -5.70. The third-order valence-corrected chi connectivity index (χ3v) is 9.12. The normalized spacial score (nSPS) is 12.6. The van der Waals surface area contributed by atoms with E-state index >= 15 is 0 Å². The second kappa shape index (κ2) is 12.0. The highest BCUT2D eigenvalue weighted by molar-refractivity contribution is 6.14. The molecule has 3 N–H and O–H groups in total. The molecule has 0 aliphatic rings. The van der Waals surface area contributed by atoms with Gasteiger partial charge in [0.15, 0.2) is 0 Å². The monoisotopic (exact) mass is 590 g/mol. The number of hydrogen-bond donors (Lipinski definition) is 2. The third-order valence-electron chi connectivity index (χ3n) is 9.12. The molecule has 0 radical (unpaired) electrons. The summed E-state index contributed by atoms with van der Waals surface area (Å²) in [6.45, 7) is 0.644. The molecule has 0 saturated carbocycles. The molecule has 1 unspecified atom stereocenters. The van der Waals surface area contributed by atoms with Crippen molar-refractivity contribution in [3.05, 3.63) is 187 Å². The molecule has 0 heterocycles. The van der Waals surface area contributed by atoms with Crippen molar-refractivity contribution >= 4 is 48.8 Å². The Bertz CT molecular complexity index is 2390. The minimum atomic E-state index is -0.279. The largest absolute Gasteiger partial charge is 0.381 e. The molecule has 0 aliphatic carbocycles. The molecule has 0 amide bonds. The van der Waals surface area contributed by atoms with Crippen molar-refractivity contribution in [3.63, 3.8) is 0 Å². The Kier molecular flexibility index (Phi) is 7.26. The van der Waals surface area contributed by atoms with Crippen LogP contribution in [0.25, 0.3) is 59.9 Å². The summed E-state index contributed by atoms with van der Waals surface area (Å²) < 4.78 is 0. The van der Waals surface area contributed by atoms with Crippen molar-refractivity contribution in [1.82, 2.24) is 5.32 Å². The lowest BCUT2D eigenvalue weighted by Gasteiger charge is -2.20. The van der Waals surface area contributed by atoms with Gasteiger partial charge in [-0.2, -0.15) is 0 Å². The van der Waals surface area contributed by atoms with Gasteiger partial charge in [0, 0.05) is 17.8 Å². The molecule has 0 bridgehead atoms. The Morgan fingerprint density at radius 1 is 0.543 bits per heavy atom. The smallest absolute Gasteiger partial charge is 0.0504 e. The van der Waals surface area contributed by atoms with Gasteiger partial charge < -0.3 is 11.1 Å². The van der Waals surface area contributed by atoms with Crippen molar-refractivity contribution in [3.8, 4) is 11.1 Å². The number of nitrogens with one attached hydrogen (secondary N) is 1. The molecule has 0 saturated heterocycles. The molecule has 8 aromatic rings. The zero-order valence-electron chi connectivity index (χ0n) is 25.5. The maximum atomic E-state index is 6.90. The zero-order chi connectivity index (χ0) is 30.9. The van der Waals surface area contributed by atoms with Crippen LogP contribution in [0.5, 0.6) is 0 Å². The van der Waals surface area contributed by atoms with Crippen molar-refractivity contribution in [1.29, 1.82) is 0 Å². The fraction of sp³-hybridized carbons (Fsp3) is 0.0455. The molecule has 1 atom stereocenters. The van der Waals surface area contributed by atoms with E-state index in [9.17, 15) is 0 Å². The van der Waals surface area contributed by atoms with Crippen LogP contribution in [0.4, 0.5) is 0 Å². The van der Waals surface area contributed by atoms with Crippen LogP contribution in [0.1, 0.15) is 22.7 Å². The van der Waals surface area contributed by atoms with Crippen LogP contribution in [0.15, 0.2) is 170 Å². The first-order valence-corrected chi connectivity index (χ1v) is 15.9. The van der Waals surface area contributed by atoms with Crippen LogP contribution >= 0.6 is 0 Å². The van der Waals surface area contributed by atoms with Crippen molar-refractivity contribution < 1.29 is 0 Å². The molecule has 8 rings (SSSR count). The number of fused-ring (bicyclic) bond motifs is 5. The van der Waals surface area contributed by atoms with Gasteiger partial charge in [0.05, 0.1) is 6.04 Å². The van der Waals surface area contributed by atoms with E-state index in [1.807, 2.05) is 18.2 Å². The predicted molar refractivity (Wildman–Crippen MR) is 197 cm³/mol. The summed E-state index contributed by atoms with van der Waals surface area (Å²) in [7, 11) is 0. The van der Waals surface area contributed by atoms with Crippen LogP contribution in [0.2, 0.25) is 0 Å². The molecular weight excluding hydrogens is 556 g/mol. The molecule has 2 heteroatoms. The first-order valence-electron chi connectivity index (χ1n) is 15.9. The second-order valence-electron chi connectivity index (χ2n) is 11.9. The maximum absolute atomic E-state index is 6.90. The van der Waals surface area contributed by atoms with Gasteiger partial charge >= 0.3 is 0 Å². The number of hydrogen-bond acceptors (Lipinski definition) is 2. The first kappa shape index (κ1) is 27.8. The summed E-state index contributed by atoms with van der Waals surface area (Å²) in [5.74, 6) is 0. The number of benzene rings is 8. The Balaban J connectivity index is 1.29. The summed E-state index contributed by atoms with van der Waals surface area (Å²) >= 11 is 0. The van der Waals surface area contributed by atoms with E-state index in [2.05, 4.69) is 157 Å². The van der Waals surface area contributed by atoms with Crippen molar-refractivity contribution in [2.24, 2.45) is 5.73 Å². The summed E-state index contributed by atoms with van der Waals surface area (Å²) in [5, 5.41) is 13.9. The van der Waals surface area contributed by atoms with E-state index in [0.717, 1.165) is 16.8 Å². The van der Waals surface area contributed by atoms with Gasteiger partial charge in [-0.15, -0.1) is 0 Å². The van der Waals surface area contributed by atoms with Crippen molar-refractivity contribution in [2.75, 3.05) is 0 Å². The molecule has 0 spiro atoms. The summed E-state index contributed by atoms with van der Waals surface area (Å²) in [6, 6.07) is 58.2. The molecule has 46 heavy (non-hydrogen) atoms. The quantitative estimate of drug-likeness (QED) is 0.143. The lowest BCUT2D eigenvalue weighted by atomic mass is 9.92. The summed E-state index contributed by atoms with van der Waals surface area (Å²) in [4.78, 5) is 0. The highest BCUT2D eigenvalue weighted by Gasteiger charge is 2.16. The fourth-order valence-electron chi connectivity index (χ4n) is 6.83. The third kappa shape index (κ3) is 5.19. The van der Waals surface area contributed by atoms with Crippen LogP contribution in [0, 0.1) is 0 Å². The van der Waals surface area contributed by atoms with E-state index < -0.39 is 0 Å². The molecule has 2 nitrogen and oxygen atoms in total. The van der Waals surface area contributed by atoms with E-state index in [0.29, 0.717) is 6.54 Å². The number of rotatable bonds is 7. The molecular formula is C44H34N2. The minimum Gasteiger partial charge on any atom is -0.381 e. The Labute approximate surface area is 269 Å². The minimum absolute atomic E-state index is 0.279. The lowest BCUT2D eigenvalue weighted by molar-refractivity contribution is 0.865. The van der Waals surface area contributed by atoms with E-state index in [4.69, 9.17) is 5.73 Å². The van der Waals surface area contributed by atoms with Crippen LogP contribution in [0.3, 0.4) is 0 Å². The lowest BCUT2D eigenvalue weighted by Crippen LogP contribution is -2.17. The van der Waals surface area contributed by atoms with Gasteiger partial charge in [0.1, 0.15) is 0 Å². The SMILES string of the molecule is NC(/C=C(\NCc1c2ccccc2cc2ccc3ccccc3c12)c1ccccc1-c1ccc2ccccc2c1)c1ccccc1. The predicted octanol–water partition coefficient (Wildman–Crippen LogP) is 10.8. The van der Waals surface area contributed by atoms with Gasteiger partial charge in [-0.1, -0.05) is 152 Å². The second-order valence-corrected chi connectivity index (χ2v) is 11.9. The van der Waals surface area contributed by atoms with Gasteiger partial charge in [-0.05, 0) is 83.6 Å². The van der Waals surface area contributed by atoms with E-state index in [-0.39, 0.29) is 6.04 Å². The van der Waals surface area contributed by atoms with Gasteiger partial charge in [-0.3, -0.25) is 0 Å². The highest BCUT2D eigenvalue weighted by Crippen LogP contribution is 2.36. The average molecular weight is 591 g/mol. The molecule has 220 valence electrons. The van der Waals surface area contributed by atoms with Gasteiger partial charge in [0.2, 0.25) is 0 Å². The van der Waals surface area contributed by atoms with Gasteiger partial charge in [-0.25, -0.2) is 0 Å². The maximum Gasteiger partial charge on any atom is 0.0504 e. The van der Waals surface area contributed by atoms with Crippen LogP contribution < -0.4 is 11.1 Å². The molecule has 8 aromatic carbocycles. The average Bonchev–Trinajstić information content (AvgIpc) is 3.12. The topological polar surface area (TPSA) is 38.0 Å². The van der Waals surface area contributed by atoms with Crippen LogP contribution in [-0.4, -0.2) is 0 Å². The summed E-state index contributed by atoms with van der Waals surface area (Å²) in [5.41, 5.74) is 13.7. The molecule has 0 aromatic heterocycles. The first-order chi connectivity index (χ1) is 22.7. The highest BCUT2D eigenvalue weighted by atomic mass is 14.9. The van der Waals surface area contributed by atoms with Crippen molar-refractivity contribution in [2.45, 2.75) is 12.6 Å². The van der Waals surface area contributed by atoms with Gasteiger partial charge in [0.25, 0.3) is 0 Å². The molecule has 0 aliphatic heterocycles. The Morgan fingerprint density at radius 2 is 1.17 bits per heavy atom. The standard InChI is InChI=1S/C44H34N2/c45-42(32-14-2-1-3-15-32)28-43(40-21-11-10-18-37(40)35-24-22-30-12-4-5-16-33(30)26-35)46-29-41-38-19-8-7-17-34(38)27-36-25-23-31-13-6-9-20-39(31)44(36)41/h1-28,42,46H,29,45H2/b43-28-. The van der Waals surface area contributed by atoms with E-state index in [1.165, 1.54) is 59.8 Å².